The second-order valence-corrected chi connectivity index (χ2v) is 6.40. The average Bonchev–Trinajstić information content (AvgIpc) is 2.98. The molecule has 0 radical (unpaired) electrons. The summed E-state index contributed by atoms with van der Waals surface area (Å²) in [6.07, 6.45) is 2.55. The summed E-state index contributed by atoms with van der Waals surface area (Å²) in [5.41, 5.74) is 7.73. The molecule has 1 aromatic heterocycles. The van der Waals surface area contributed by atoms with Crippen LogP contribution in [0.2, 0.25) is 0 Å². The van der Waals surface area contributed by atoms with Crippen molar-refractivity contribution in [2.24, 2.45) is 5.73 Å². The van der Waals surface area contributed by atoms with Crippen molar-refractivity contribution < 1.29 is 4.39 Å². The summed E-state index contributed by atoms with van der Waals surface area (Å²) in [6, 6.07) is 9.52. The minimum Gasteiger partial charge on any atom is -0.372 e. The molecule has 0 fully saturated rings. The van der Waals surface area contributed by atoms with Crippen molar-refractivity contribution in [3.05, 3.63) is 52.0 Å². The maximum Gasteiger partial charge on any atom is 0.146 e. The molecule has 2 aromatic rings. The lowest BCUT2D eigenvalue weighted by molar-refractivity contribution is 0.609. The zero-order valence-corrected chi connectivity index (χ0v) is 13.5. The molecule has 2 N–H and O–H groups in total. The highest BCUT2D eigenvalue weighted by Gasteiger charge is 2.15. The Kier molecular flexibility index (Phi) is 5.76. The van der Waals surface area contributed by atoms with Gasteiger partial charge >= 0.3 is 0 Å². The van der Waals surface area contributed by atoms with E-state index in [9.17, 15) is 4.39 Å². The number of hydrogen-bond donors (Lipinski definition) is 1. The van der Waals surface area contributed by atoms with Gasteiger partial charge in [-0.05, 0) is 42.3 Å². The molecule has 1 atom stereocenters. The number of hydrogen-bond acceptors (Lipinski definition) is 3. The van der Waals surface area contributed by atoms with Gasteiger partial charge in [-0.3, -0.25) is 0 Å². The third-order valence-electron chi connectivity index (χ3n) is 3.73. The van der Waals surface area contributed by atoms with Gasteiger partial charge in [-0.15, -0.1) is 11.3 Å². The Labute approximate surface area is 130 Å². The van der Waals surface area contributed by atoms with Gasteiger partial charge in [0.05, 0.1) is 5.69 Å². The molecule has 0 spiro atoms. The molecule has 0 saturated carbocycles. The van der Waals surface area contributed by atoms with Crippen LogP contribution in [0, 0.1) is 5.82 Å². The third kappa shape index (κ3) is 4.29. The molecule has 2 rings (SSSR count). The standard InChI is InChI=1S/C17H23FN2S/c1-3-14(19)12-13-6-4-8-16(18)17(13)20(2)10-9-15-7-5-11-21-15/h4-8,11,14H,3,9-10,12,19H2,1-2H3. The van der Waals surface area contributed by atoms with Crippen molar-refractivity contribution >= 4 is 17.0 Å². The zero-order valence-electron chi connectivity index (χ0n) is 12.7. The predicted molar refractivity (Wildman–Crippen MR) is 89.7 cm³/mol. The zero-order chi connectivity index (χ0) is 15.2. The number of rotatable bonds is 7. The van der Waals surface area contributed by atoms with Gasteiger partial charge in [-0.2, -0.15) is 0 Å². The molecule has 1 unspecified atom stereocenters. The molecule has 114 valence electrons. The fourth-order valence-corrected chi connectivity index (χ4v) is 3.12. The molecule has 21 heavy (non-hydrogen) atoms. The smallest absolute Gasteiger partial charge is 0.146 e. The molecule has 4 heteroatoms. The normalized spacial score (nSPS) is 12.4. The molecule has 1 aromatic carbocycles. The van der Waals surface area contributed by atoms with E-state index in [0.717, 1.165) is 24.9 Å². The molecule has 0 aliphatic heterocycles. The van der Waals surface area contributed by atoms with E-state index in [1.807, 2.05) is 18.0 Å². The van der Waals surface area contributed by atoms with Crippen LogP contribution >= 0.6 is 11.3 Å². The molecule has 0 aliphatic rings. The van der Waals surface area contributed by atoms with Crippen LogP contribution in [0.5, 0.6) is 0 Å². The Bertz CT molecular complexity index is 554. The second kappa shape index (κ2) is 7.57. The Morgan fingerprint density at radius 2 is 2.10 bits per heavy atom. The number of anilines is 1. The number of para-hydroxylation sites is 1. The summed E-state index contributed by atoms with van der Waals surface area (Å²) in [7, 11) is 1.95. The van der Waals surface area contributed by atoms with E-state index in [1.165, 1.54) is 10.9 Å². The first-order valence-electron chi connectivity index (χ1n) is 7.38. The van der Waals surface area contributed by atoms with E-state index in [2.05, 4.69) is 24.4 Å². The Morgan fingerprint density at radius 3 is 2.76 bits per heavy atom. The summed E-state index contributed by atoms with van der Waals surface area (Å²) in [5, 5.41) is 2.07. The van der Waals surface area contributed by atoms with E-state index in [0.29, 0.717) is 12.1 Å². The van der Waals surface area contributed by atoms with Crippen LogP contribution in [0.15, 0.2) is 35.7 Å². The molecular formula is C17H23FN2S. The van der Waals surface area contributed by atoms with Gasteiger partial charge in [0.15, 0.2) is 0 Å². The van der Waals surface area contributed by atoms with Gasteiger partial charge < -0.3 is 10.6 Å². The van der Waals surface area contributed by atoms with E-state index >= 15 is 0 Å². The molecule has 0 saturated heterocycles. The van der Waals surface area contributed by atoms with Gasteiger partial charge in [-0.25, -0.2) is 4.39 Å². The van der Waals surface area contributed by atoms with Crippen molar-refractivity contribution in [2.45, 2.75) is 32.2 Å². The van der Waals surface area contributed by atoms with Gasteiger partial charge in [0.1, 0.15) is 5.82 Å². The van der Waals surface area contributed by atoms with Crippen molar-refractivity contribution in [1.82, 2.24) is 0 Å². The Hall–Kier alpha value is -1.39. The number of thiophene rings is 1. The number of benzene rings is 1. The lowest BCUT2D eigenvalue weighted by Gasteiger charge is -2.24. The van der Waals surface area contributed by atoms with Crippen LogP contribution in [0.25, 0.3) is 0 Å². The van der Waals surface area contributed by atoms with Crippen LogP contribution in [0.3, 0.4) is 0 Å². The van der Waals surface area contributed by atoms with Crippen LogP contribution in [-0.2, 0) is 12.8 Å². The van der Waals surface area contributed by atoms with Crippen molar-refractivity contribution in [3.8, 4) is 0 Å². The lowest BCUT2D eigenvalue weighted by atomic mass is 10.0. The highest BCUT2D eigenvalue weighted by molar-refractivity contribution is 7.09. The topological polar surface area (TPSA) is 29.3 Å². The predicted octanol–water partition coefficient (Wildman–Crippen LogP) is 3.85. The van der Waals surface area contributed by atoms with Gasteiger partial charge in [0, 0.05) is 24.5 Å². The van der Waals surface area contributed by atoms with Crippen LogP contribution in [-0.4, -0.2) is 19.6 Å². The first kappa shape index (κ1) is 16.0. The minimum absolute atomic E-state index is 0.0799. The SMILES string of the molecule is CCC(N)Cc1cccc(F)c1N(C)CCc1cccs1. The third-order valence-corrected chi connectivity index (χ3v) is 4.67. The molecule has 1 heterocycles. The van der Waals surface area contributed by atoms with Crippen molar-refractivity contribution in [2.75, 3.05) is 18.5 Å². The van der Waals surface area contributed by atoms with E-state index in [-0.39, 0.29) is 11.9 Å². The molecule has 2 nitrogen and oxygen atoms in total. The number of nitrogens with two attached hydrogens (primary N) is 1. The number of likely N-dealkylation sites (N-methyl/N-ethyl adjacent to an activating group) is 1. The quantitative estimate of drug-likeness (QED) is 0.842. The Morgan fingerprint density at radius 1 is 1.29 bits per heavy atom. The molecular weight excluding hydrogens is 283 g/mol. The highest BCUT2D eigenvalue weighted by Crippen LogP contribution is 2.25. The monoisotopic (exact) mass is 306 g/mol. The first-order chi connectivity index (χ1) is 10.1. The summed E-state index contributed by atoms with van der Waals surface area (Å²) < 4.78 is 14.2. The maximum atomic E-state index is 14.2. The van der Waals surface area contributed by atoms with E-state index in [1.54, 1.807) is 17.4 Å². The van der Waals surface area contributed by atoms with Gasteiger partial charge in [0.2, 0.25) is 0 Å². The van der Waals surface area contributed by atoms with Crippen LogP contribution in [0.4, 0.5) is 10.1 Å². The van der Waals surface area contributed by atoms with E-state index < -0.39 is 0 Å². The van der Waals surface area contributed by atoms with Crippen LogP contribution < -0.4 is 10.6 Å². The number of halogens is 1. The lowest BCUT2D eigenvalue weighted by Crippen LogP contribution is -2.26. The molecule has 0 bridgehead atoms. The second-order valence-electron chi connectivity index (χ2n) is 5.37. The fourth-order valence-electron chi connectivity index (χ4n) is 2.42. The highest BCUT2D eigenvalue weighted by atomic mass is 32.1. The van der Waals surface area contributed by atoms with E-state index in [4.69, 9.17) is 5.73 Å². The fraction of sp³-hybridized carbons (Fsp3) is 0.412. The molecule has 0 amide bonds. The average molecular weight is 306 g/mol. The summed E-state index contributed by atoms with van der Waals surface area (Å²) >= 11 is 1.74. The van der Waals surface area contributed by atoms with Gasteiger partial charge in [0.25, 0.3) is 0 Å². The molecule has 0 aliphatic carbocycles. The van der Waals surface area contributed by atoms with Crippen molar-refractivity contribution in [3.63, 3.8) is 0 Å². The first-order valence-corrected chi connectivity index (χ1v) is 8.26. The largest absolute Gasteiger partial charge is 0.372 e. The number of nitrogens with zero attached hydrogens (tertiary/aromatic N) is 1. The summed E-state index contributed by atoms with van der Waals surface area (Å²) in [5.74, 6) is -0.163. The summed E-state index contributed by atoms with van der Waals surface area (Å²) in [4.78, 5) is 3.33. The maximum absolute atomic E-state index is 14.2. The van der Waals surface area contributed by atoms with Crippen molar-refractivity contribution in [1.29, 1.82) is 0 Å². The van der Waals surface area contributed by atoms with Crippen LogP contribution in [0.1, 0.15) is 23.8 Å². The minimum atomic E-state index is -0.163. The van der Waals surface area contributed by atoms with Gasteiger partial charge in [-0.1, -0.05) is 25.1 Å². The summed E-state index contributed by atoms with van der Waals surface area (Å²) in [6.45, 7) is 2.86. The Balaban J connectivity index is 2.12.